The number of halogens is 3. The molecule has 0 bridgehead atoms. The van der Waals surface area contributed by atoms with Gasteiger partial charge in [-0.3, -0.25) is 0 Å². The summed E-state index contributed by atoms with van der Waals surface area (Å²) in [7, 11) is 3.33. The SMILES string of the molecule is COCCN([S])CCOC.Cl.Cl.Cl. The van der Waals surface area contributed by atoms with Crippen molar-refractivity contribution in [3.05, 3.63) is 0 Å². The van der Waals surface area contributed by atoms with Gasteiger partial charge in [0.1, 0.15) is 0 Å². The molecular weight excluding hydrogens is 256 g/mol. The van der Waals surface area contributed by atoms with Gasteiger partial charge in [0.25, 0.3) is 0 Å². The molecule has 0 aromatic carbocycles. The summed E-state index contributed by atoms with van der Waals surface area (Å²) in [6.07, 6.45) is 0. The van der Waals surface area contributed by atoms with Gasteiger partial charge in [0.05, 0.1) is 13.2 Å². The highest BCUT2D eigenvalue weighted by atomic mass is 35.5. The maximum atomic E-state index is 4.94. The molecule has 0 aliphatic rings. The van der Waals surface area contributed by atoms with Crippen LogP contribution in [0.3, 0.4) is 0 Å². The van der Waals surface area contributed by atoms with Gasteiger partial charge in [-0.1, -0.05) is 0 Å². The van der Waals surface area contributed by atoms with Crippen LogP contribution in [0.4, 0.5) is 0 Å². The molecule has 0 aliphatic carbocycles. The summed E-state index contributed by atoms with van der Waals surface area (Å²) in [5.41, 5.74) is 0. The van der Waals surface area contributed by atoms with E-state index in [2.05, 4.69) is 0 Å². The lowest BCUT2D eigenvalue weighted by molar-refractivity contribution is 0.155. The Labute approximate surface area is 104 Å². The molecule has 1 radical (unpaired) electrons. The molecule has 0 amide bonds. The summed E-state index contributed by atoms with van der Waals surface area (Å²) in [5.74, 6) is 0. The summed E-state index contributed by atoms with van der Waals surface area (Å²) >= 11 is 4.94. The molecule has 0 saturated carbocycles. The van der Waals surface area contributed by atoms with Crippen molar-refractivity contribution in [1.29, 1.82) is 0 Å². The van der Waals surface area contributed by atoms with Gasteiger partial charge in [0.2, 0.25) is 0 Å². The zero-order chi connectivity index (χ0) is 7.82. The van der Waals surface area contributed by atoms with Crippen LogP contribution in [-0.2, 0) is 9.47 Å². The number of ether oxygens (including phenoxy) is 2. The summed E-state index contributed by atoms with van der Waals surface area (Å²) in [6.45, 7) is 2.95. The molecule has 0 spiro atoms. The third kappa shape index (κ3) is 19.5. The van der Waals surface area contributed by atoms with Gasteiger partial charge >= 0.3 is 0 Å². The molecule has 0 atom stereocenters. The van der Waals surface area contributed by atoms with Crippen LogP contribution in [0.5, 0.6) is 0 Å². The molecule has 3 nitrogen and oxygen atoms in total. The molecule has 0 rings (SSSR count). The summed E-state index contributed by atoms with van der Waals surface area (Å²) in [6, 6.07) is 0. The topological polar surface area (TPSA) is 21.7 Å². The lowest BCUT2D eigenvalue weighted by Crippen LogP contribution is -2.21. The minimum absolute atomic E-state index is 0. The Hall–Kier alpha value is 1.10. The first-order chi connectivity index (χ1) is 4.81. The first kappa shape index (κ1) is 23.7. The second-order valence-corrected chi connectivity index (χ2v) is 2.43. The molecule has 85 valence electrons. The van der Waals surface area contributed by atoms with Gasteiger partial charge in [-0.05, 0) is 0 Å². The van der Waals surface area contributed by atoms with Gasteiger partial charge in [-0.25, -0.2) is 4.31 Å². The Bertz CT molecular complexity index is 74.9. The fourth-order valence-corrected chi connectivity index (χ4v) is 0.647. The molecule has 0 N–H and O–H groups in total. The molecule has 0 aromatic heterocycles. The van der Waals surface area contributed by atoms with E-state index in [1.54, 1.807) is 18.5 Å². The molecule has 0 saturated heterocycles. The Kier molecular flexibility index (Phi) is 34.3. The summed E-state index contributed by atoms with van der Waals surface area (Å²) in [4.78, 5) is 0. The third-order valence-corrected chi connectivity index (χ3v) is 1.45. The third-order valence-electron chi connectivity index (χ3n) is 1.09. The van der Waals surface area contributed by atoms with Crippen LogP contribution in [0, 0.1) is 0 Å². The lowest BCUT2D eigenvalue weighted by atomic mass is 10.6. The normalized spacial score (nSPS) is 8.31. The van der Waals surface area contributed by atoms with Crippen LogP contribution < -0.4 is 0 Å². The van der Waals surface area contributed by atoms with E-state index in [0.717, 1.165) is 13.1 Å². The first-order valence-electron chi connectivity index (χ1n) is 3.21. The summed E-state index contributed by atoms with van der Waals surface area (Å²) < 4.78 is 11.4. The summed E-state index contributed by atoms with van der Waals surface area (Å²) in [5, 5.41) is 0. The van der Waals surface area contributed by atoms with Crippen LogP contribution in [0.25, 0.3) is 0 Å². The molecule has 0 unspecified atom stereocenters. The van der Waals surface area contributed by atoms with Crippen LogP contribution in [0.15, 0.2) is 0 Å². The van der Waals surface area contributed by atoms with Crippen molar-refractivity contribution >= 4 is 50.0 Å². The first-order valence-corrected chi connectivity index (χ1v) is 3.57. The van der Waals surface area contributed by atoms with E-state index >= 15 is 0 Å². The lowest BCUT2D eigenvalue weighted by Gasteiger charge is -2.11. The molecule has 0 fully saturated rings. The fraction of sp³-hybridized carbons (Fsp3) is 1.00. The number of rotatable bonds is 6. The molecule has 13 heavy (non-hydrogen) atoms. The van der Waals surface area contributed by atoms with Crippen LogP contribution in [0.1, 0.15) is 0 Å². The molecule has 0 aliphatic heterocycles. The average molecular weight is 274 g/mol. The van der Waals surface area contributed by atoms with E-state index in [1.807, 2.05) is 0 Å². The van der Waals surface area contributed by atoms with Crippen molar-refractivity contribution < 1.29 is 9.47 Å². The van der Waals surface area contributed by atoms with Crippen LogP contribution in [0.2, 0.25) is 0 Å². The van der Waals surface area contributed by atoms with Crippen LogP contribution in [-0.4, -0.2) is 44.8 Å². The molecule has 0 aromatic rings. The minimum Gasteiger partial charge on any atom is -0.383 e. The average Bonchev–Trinajstić information content (AvgIpc) is 1.97. The highest BCUT2D eigenvalue weighted by molar-refractivity contribution is 7.77. The van der Waals surface area contributed by atoms with E-state index in [0.29, 0.717) is 13.2 Å². The van der Waals surface area contributed by atoms with Gasteiger partial charge in [0, 0.05) is 40.1 Å². The van der Waals surface area contributed by atoms with Gasteiger partial charge < -0.3 is 9.47 Å². The second kappa shape index (κ2) is 18.8. The predicted octanol–water partition coefficient (Wildman–Crippen LogP) is 1.96. The fourth-order valence-electron chi connectivity index (χ4n) is 0.498. The van der Waals surface area contributed by atoms with Crippen molar-refractivity contribution in [1.82, 2.24) is 4.31 Å². The Balaban J connectivity index is -0.000000135. The van der Waals surface area contributed by atoms with Crippen molar-refractivity contribution in [3.63, 3.8) is 0 Å². The Morgan fingerprint density at radius 3 is 1.46 bits per heavy atom. The van der Waals surface area contributed by atoms with Gasteiger partial charge in [-0.2, -0.15) is 0 Å². The minimum atomic E-state index is 0. The van der Waals surface area contributed by atoms with Crippen molar-refractivity contribution in [3.8, 4) is 0 Å². The van der Waals surface area contributed by atoms with E-state index in [1.165, 1.54) is 0 Å². The van der Waals surface area contributed by atoms with E-state index < -0.39 is 0 Å². The Morgan fingerprint density at radius 2 is 1.23 bits per heavy atom. The van der Waals surface area contributed by atoms with Crippen LogP contribution >= 0.6 is 50.0 Å². The van der Waals surface area contributed by atoms with E-state index in [9.17, 15) is 0 Å². The number of methoxy groups -OCH3 is 2. The largest absolute Gasteiger partial charge is 0.383 e. The van der Waals surface area contributed by atoms with Crippen molar-refractivity contribution in [2.24, 2.45) is 0 Å². The van der Waals surface area contributed by atoms with Gasteiger partial charge in [0.15, 0.2) is 0 Å². The number of nitrogens with zero attached hydrogens (tertiary/aromatic N) is 1. The van der Waals surface area contributed by atoms with Crippen molar-refractivity contribution in [2.45, 2.75) is 0 Å². The maximum absolute atomic E-state index is 4.94. The molecular formula is C6H17Cl3NO2S. The second-order valence-electron chi connectivity index (χ2n) is 1.91. The standard InChI is InChI=1S/C6H14NO2S.3ClH/c1-8-5-3-7(10)4-6-9-2;;;/h3-6H2,1-2H3;3*1H. The van der Waals surface area contributed by atoms with E-state index in [4.69, 9.17) is 22.3 Å². The molecule has 7 heteroatoms. The monoisotopic (exact) mass is 272 g/mol. The predicted molar refractivity (Wildman–Crippen MR) is 64.7 cm³/mol. The van der Waals surface area contributed by atoms with Gasteiger partial charge in [-0.15, -0.1) is 37.2 Å². The quantitative estimate of drug-likeness (QED) is 0.738. The smallest absolute Gasteiger partial charge is 0.0599 e. The number of hydrogen-bond donors (Lipinski definition) is 0. The zero-order valence-electron chi connectivity index (χ0n) is 7.73. The van der Waals surface area contributed by atoms with E-state index in [-0.39, 0.29) is 37.2 Å². The maximum Gasteiger partial charge on any atom is 0.0599 e. The highest BCUT2D eigenvalue weighted by Crippen LogP contribution is 1.91. The zero-order valence-corrected chi connectivity index (χ0v) is 11.0. The highest BCUT2D eigenvalue weighted by Gasteiger charge is 1.97. The van der Waals surface area contributed by atoms with Crippen molar-refractivity contribution in [2.75, 3.05) is 40.5 Å². The Morgan fingerprint density at radius 1 is 0.923 bits per heavy atom. The number of hydrogen-bond acceptors (Lipinski definition) is 3. The molecule has 0 heterocycles.